The summed E-state index contributed by atoms with van der Waals surface area (Å²) in [6, 6.07) is 4.20. The molecule has 0 bridgehead atoms. The number of piperidine rings is 1. The number of nitrogens with zero attached hydrogens (tertiary/aromatic N) is 2. The summed E-state index contributed by atoms with van der Waals surface area (Å²) in [5, 5.41) is 6.30. The van der Waals surface area contributed by atoms with Crippen LogP contribution in [0.2, 0.25) is 0 Å². The standard InChI is InChI=1S/C14H19BrN4O/c15-11-3-4-13(17-7-11)18-14(20)9-19-5-1-2-10-6-16-8-12(10)19/h3-4,7,10,12,16H,1-2,5-6,8-9H2,(H,17,18,20). The largest absolute Gasteiger partial charge is 0.315 e. The van der Waals surface area contributed by atoms with Crippen LogP contribution in [0.25, 0.3) is 0 Å². The minimum Gasteiger partial charge on any atom is -0.315 e. The summed E-state index contributed by atoms with van der Waals surface area (Å²) in [4.78, 5) is 18.6. The number of carbonyl (C=O) groups is 1. The number of anilines is 1. The quantitative estimate of drug-likeness (QED) is 0.876. The number of halogens is 1. The molecule has 0 aromatic carbocycles. The van der Waals surface area contributed by atoms with Crippen LogP contribution in [-0.4, -0.2) is 48.0 Å². The van der Waals surface area contributed by atoms with Gasteiger partial charge in [0.2, 0.25) is 5.91 Å². The van der Waals surface area contributed by atoms with Gasteiger partial charge in [0.05, 0.1) is 6.54 Å². The van der Waals surface area contributed by atoms with Crippen LogP contribution in [0, 0.1) is 5.92 Å². The van der Waals surface area contributed by atoms with Crippen LogP contribution in [0.15, 0.2) is 22.8 Å². The first-order valence-corrected chi connectivity index (χ1v) is 7.88. The Morgan fingerprint density at radius 3 is 3.20 bits per heavy atom. The molecule has 2 saturated heterocycles. The molecule has 1 aromatic heterocycles. The van der Waals surface area contributed by atoms with E-state index in [0.29, 0.717) is 24.3 Å². The van der Waals surface area contributed by atoms with Gasteiger partial charge in [0.25, 0.3) is 0 Å². The first-order valence-electron chi connectivity index (χ1n) is 7.08. The fourth-order valence-corrected chi connectivity index (χ4v) is 3.41. The highest BCUT2D eigenvalue weighted by Crippen LogP contribution is 2.26. The predicted octanol–water partition coefficient (Wildman–Crippen LogP) is 1.47. The number of hydrogen-bond acceptors (Lipinski definition) is 4. The van der Waals surface area contributed by atoms with Crippen LogP contribution in [0.1, 0.15) is 12.8 Å². The average Bonchev–Trinajstić information content (AvgIpc) is 2.91. The van der Waals surface area contributed by atoms with Gasteiger partial charge in [0.1, 0.15) is 5.82 Å². The molecule has 2 aliphatic rings. The van der Waals surface area contributed by atoms with Crippen LogP contribution in [0.3, 0.4) is 0 Å². The Morgan fingerprint density at radius 2 is 2.40 bits per heavy atom. The summed E-state index contributed by atoms with van der Waals surface area (Å²) in [5.41, 5.74) is 0. The molecule has 3 heterocycles. The van der Waals surface area contributed by atoms with E-state index in [1.54, 1.807) is 12.3 Å². The van der Waals surface area contributed by atoms with E-state index >= 15 is 0 Å². The Hall–Kier alpha value is -0.980. The number of pyridine rings is 1. The van der Waals surface area contributed by atoms with Gasteiger partial charge < -0.3 is 10.6 Å². The van der Waals surface area contributed by atoms with Crippen LogP contribution < -0.4 is 10.6 Å². The summed E-state index contributed by atoms with van der Waals surface area (Å²) in [5.74, 6) is 1.34. The van der Waals surface area contributed by atoms with Crippen molar-refractivity contribution >= 4 is 27.7 Å². The molecule has 2 aliphatic heterocycles. The highest BCUT2D eigenvalue weighted by atomic mass is 79.9. The Bertz CT molecular complexity index is 479. The van der Waals surface area contributed by atoms with Crippen molar-refractivity contribution in [2.24, 2.45) is 5.92 Å². The van der Waals surface area contributed by atoms with E-state index in [9.17, 15) is 4.79 Å². The lowest BCUT2D eigenvalue weighted by Crippen LogP contribution is -2.48. The molecule has 5 nitrogen and oxygen atoms in total. The molecule has 108 valence electrons. The highest BCUT2D eigenvalue weighted by molar-refractivity contribution is 9.10. The second kappa shape index (κ2) is 6.20. The third kappa shape index (κ3) is 3.19. The molecule has 2 atom stereocenters. The summed E-state index contributed by atoms with van der Waals surface area (Å²) < 4.78 is 0.909. The van der Waals surface area contributed by atoms with Gasteiger partial charge in [-0.1, -0.05) is 0 Å². The van der Waals surface area contributed by atoms with E-state index in [1.807, 2.05) is 6.07 Å². The second-order valence-corrected chi connectivity index (χ2v) is 6.42. The third-order valence-electron chi connectivity index (χ3n) is 4.13. The minimum atomic E-state index is 0.0207. The summed E-state index contributed by atoms with van der Waals surface area (Å²) in [7, 11) is 0. The van der Waals surface area contributed by atoms with Gasteiger partial charge in [-0.15, -0.1) is 0 Å². The molecule has 0 aliphatic carbocycles. The van der Waals surface area contributed by atoms with Crippen molar-refractivity contribution in [2.45, 2.75) is 18.9 Å². The molecule has 3 rings (SSSR count). The molecule has 2 fully saturated rings. The molecule has 2 N–H and O–H groups in total. The number of carbonyl (C=O) groups excluding carboxylic acids is 1. The van der Waals surface area contributed by atoms with Crippen LogP contribution in [-0.2, 0) is 4.79 Å². The lowest BCUT2D eigenvalue weighted by molar-refractivity contribution is -0.118. The Labute approximate surface area is 127 Å². The van der Waals surface area contributed by atoms with Gasteiger partial charge in [0.15, 0.2) is 0 Å². The molecule has 20 heavy (non-hydrogen) atoms. The lowest BCUT2D eigenvalue weighted by atomic mass is 9.92. The van der Waals surface area contributed by atoms with Crippen molar-refractivity contribution in [2.75, 3.05) is 31.5 Å². The summed E-state index contributed by atoms with van der Waals surface area (Å²) >= 11 is 3.33. The smallest absolute Gasteiger partial charge is 0.239 e. The van der Waals surface area contributed by atoms with Crippen molar-refractivity contribution < 1.29 is 4.79 Å². The molecule has 0 spiro atoms. The molecule has 1 aromatic rings. The molecule has 1 amide bonds. The van der Waals surface area contributed by atoms with Crippen LogP contribution >= 0.6 is 15.9 Å². The zero-order valence-electron chi connectivity index (χ0n) is 11.3. The summed E-state index contributed by atoms with van der Waals surface area (Å²) in [6.07, 6.45) is 4.16. The highest BCUT2D eigenvalue weighted by Gasteiger charge is 2.35. The Balaban J connectivity index is 1.57. The van der Waals surface area contributed by atoms with E-state index in [-0.39, 0.29) is 5.91 Å². The second-order valence-electron chi connectivity index (χ2n) is 5.51. The van der Waals surface area contributed by atoms with Gasteiger partial charge in [-0.2, -0.15) is 0 Å². The summed E-state index contributed by atoms with van der Waals surface area (Å²) in [6.45, 7) is 3.58. The van der Waals surface area contributed by atoms with Crippen molar-refractivity contribution in [1.29, 1.82) is 0 Å². The van der Waals surface area contributed by atoms with Crippen molar-refractivity contribution in [3.63, 3.8) is 0 Å². The first kappa shape index (κ1) is 14.0. The van der Waals surface area contributed by atoms with Crippen molar-refractivity contribution in [3.05, 3.63) is 22.8 Å². The number of likely N-dealkylation sites (tertiary alicyclic amines) is 1. The van der Waals surface area contributed by atoms with E-state index in [4.69, 9.17) is 0 Å². The Kier molecular flexibility index (Phi) is 4.33. The fraction of sp³-hybridized carbons (Fsp3) is 0.571. The third-order valence-corrected chi connectivity index (χ3v) is 4.60. The molecule has 2 unspecified atom stereocenters. The number of nitrogens with one attached hydrogen (secondary N) is 2. The first-order chi connectivity index (χ1) is 9.72. The van der Waals surface area contributed by atoms with Crippen molar-refractivity contribution in [3.8, 4) is 0 Å². The van der Waals surface area contributed by atoms with E-state index in [1.165, 1.54) is 12.8 Å². The molecular formula is C14H19BrN4O. The SMILES string of the molecule is O=C(CN1CCCC2CNCC21)Nc1ccc(Br)cn1. The number of amides is 1. The lowest BCUT2D eigenvalue weighted by Gasteiger charge is -2.36. The van der Waals surface area contributed by atoms with E-state index in [0.717, 1.165) is 24.1 Å². The number of fused-ring (bicyclic) bond motifs is 1. The van der Waals surface area contributed by atoms with Gasteiger partial charge in [-0.05, 0) is 59.9 Å². The van der Waals surface area contributed by atoms with E-state index < -0.39 is 0 Å². The number of hydrogen-bond donors (Lipinski definition) is 2. The van der Waals surface area contributed by atoms with Gasteiger partial charge in [0, 0.05) is 23.3 Å². The Morgan fingerprint density at radius 1 is 1.50 bits per heavy atom. The normalized spacial score (nSPS) is 26.2. The van der Waals surface area contributed by atoms with Gasteiger partial charge >= 0.3 is 0 Å². The van der Waals surface area contributed by atoms with Gasteiger partial charge in [-0.3, -0.25) is 9.69 Å². The van der Waals surface area contributed by atoms with Crippen molar-refractivity contribution in [1.82, 2.24) is 15.2 Å². The van der Waals surface area contributed by atoms with Gasteiger partial charge in [-0.25, -0.2) is 4.98 Å². The molecular weight excluding hydrogens is 320 g/mol. The number of rotatable bonds is 3. The average molecular weight is 339 g/mol. The zero-order valence-corrected chi connectivity index (χ0v) is 12.9. The molecule has 0 saturated carbocycles. The van der Waals surface area contributed by atoms with Crippen LogP contribution in [0.5, 0.6) is 0 Å². The monoisotopic (exact) mass is 338 g/mol. The molecule has 6 heteroatoms. The predicted molar refractivity (Wildman–Crippen MR) is 81.5 cm³/mol. The fourth-order valence-electron chi connectivity index (χ4n) is 3.18. The maximum Gasteiger partial charge on any atom is 0.239 e. The topological polar surface area (TPSA) is 57.3 Å². The minimum absolute atomic E-state index is 0.0207. The van der Waals surface area contributed by atoms with Crippen LogP contribution in [0.4, 0.5) is 5.82 Å². The maximum absolute atomic E-state index is 12.1. The van der Waals surface area contributed by atoms with E-state index in [2.05, 4.69) is 36.4 Å². The maximum atomic E-state index is 12.1. The number of aromatic nitrogens is 1. The molecule has 0 radical (unpaired) electrons. The zero-order chi connectivity index (χ0) is 13.9.